The van der Waals surface area contributed by atoms with Gasteiger partial charge in [0.1, 0.15) is 10.3 Å². The molecule has 0 N–H and O–H groups in total. The van der Waals surface area contributed by atoms with Crippen LogP contribution in [0.2, 0.25) is 10.3 Å². The fourth-order valence-corrected chi connectivity index (χ4v) is 2.16. The van der Waals surface area contributed by atoms with Crippen molar-refractivity contribution in [2.45, 2.75) is 13.8 Å². The van der Waals surface area contributed by atoms with Crippen LogP contribution < -0.4 is 0 Å². The Kier molecular flexibility index (Phi) is 2.38. The number of fused-ring (bicyclic) bond motifs is 1. The first-order chi connectivity index (χ1) is 6.61. The first-order valence-corrected chi connectivity index (χ1v) is 5.08. The van der Waals surface area contributed by atoms with Crippen LogP contribution in [0.1, 0.15) is 11.1 Å². The molecular formula is C11H9Cl2N. The summed E-state index contributed by atoms with van der Waals surface area (Å²) in [6.45, 7) is 3.97. The van der Waals surface area contributed by atoms with E-state index in [-0.39, 0.29) is 0 Å². The molecular weight excluding hydrogens is 217 g/mol. The van der Waals surface area contributed by atoms with Crippen molar-refractivity contribution < 1.29 is 0 Å². The second-order valence-corrected chi connectivity index (χ2v) is 4.03. The van der Waals surface area contributed by atoms with Crippen molar-refractivity contribution in [2.24, 2.45) is 0 Å². The number of benzene rings is 1. The van der Waals surface area contributed by atoms with Crippen molar-refractivity contribution in [3.63, 3.8) is 0 Å². The highest BCUT2D eigenvalue weighted by Gasteiger charge is 2.09. The van der Waals surface area contributed by atoms with Gasteiger partial charge in [0.05, 0.1) is 0 Å². The normalized spacial score (nSPS) is 10.9. The number of rotatable bonds is 0. The Morgan fingerprint density at radius 2 is 1.79 bits per heavy atom. The Balaban J connectivity index is 3.02. The number of hydrogen-bond donors (Lipinski definition) is 0. The van der Waals surface area contributed by atoms with E-state index in [1.54, 1.807) is 0 Å². The molecule has 0 radical (unpaired) electrons. The summed E-state index contributed by atoms with van der Waals surface area (Å²) in [5.41, 5.74) is 2.11. The van der Waals surface area contributed by atoms with Gasteiger partial charge in [0.2, 0.25) is 0 Å². The zero-order chi connectivity index (χ0) is 10.3. The van der Waals surface area contributed by atoms with E-state index in [1.165, 1.54) is 0 Å². The van der Waals surface area contributed by atoms with Crippen LogP contribution in [0.25, 0.3) is 10.8 Å². The van der Waals surface area contributed by atoms with Crippen LogP contribution in [0.5, 0.6) is 0 Å². The van der Waals surface area contributed by atoms with Crippen molar-refractivity contribution in [2.75, 3.05) is 0 Å². The zero-order valence-corrected chi connectivity index (χ0v) is 9.45. The minimum atomic E-state index is 0.480. The summed E-state index contributed by atoms with van der Waals surface area (Å²) in [6, 6.07) is 6.03. The molecule has 2 rings (SSSR count). The van der Waals surface area contributed by atoms with Gasteiger partial charge in [-0.2, -0.15) is 0 Å². The van der Waals surface area contributed by atoms with E-state index in [0.717, 1.165) is 21.9 Å². The first-order valence-electron chi connectivity index (χ1n) is 4.32. The molecule has 1 heterocycles. The largest absolute Gasteiger partial charge is 0.223 e. The molecule has 0 bridgehead atoms. The SMILES string of the molecule is Cc1c(Cl)nc(Cl)c2c(C)cccc12. The van der Waals surface area contributed by atoms with Gasteiger partial charge in [-0.15, -0.1) is 0 Å². The van der Waals surface area contributed by atoms with Crippen LogP contribution in [0.15, 0.2) is 18.2 Å². The smallest absolute Gasteiger partial charge is 0.138 e. The van der Waals surface area contributed by atoms with E-state index in [2.05, 4.69) is 4.98 Å². The molecule has 0 amide bonds. The van der Waals surface area contributed by atoms with Gasteiger partial charge in [0, 0.05) is 5.39 Å². The highest BCUT2D eigenvalue weighted by Crippen LogP contribution is 2.30. The fraction of sp³-hybridized carbons (Fsp3) is 0.182. The van der Waals surface area contributed by atoms with Gasteiger partial charge >= 0.3 is 0 Å². The third-order valence-corrected chi connectivity index (χ3v) is 3.03. The second-order valence-electron chi connectivity index (χ2n) is 3.32. The van der Waals surface area contributed by atoms with Gasteiger partial charge in [-0.05, 0) is 30.4 Å². The Hall–Kier alpha value is -0.790. The van der Waals surface area contributed by atoms with E-state index in [4.69, 9.17) is 23.2 Å². The molecule has 0 spiro atoms. The molecule has 1 aromatic heterocycles. The summed E-state index contributed by atoms with van der Waals surface area (Å²) in [6.07, 6.45) is 0. The first kappa shape index (κ1) is 9.75. The van der Waals surface area contributed by atoms with Crippen molar-refractivity contribution in [1.82, 2.24) is 4.98 Å². The molecule has 14 heavy (non-hydrogen) atoms. The molecule has 0 aliphatic carbocycles. The molecule has 72 valence electrons. The van der Waals surface area contributed by atoms with E-state index < -0.39 is 0 Å². The molecule has 2 aromatic rings. The van der Waals surface area contributed by atoms with Gasteiger partial charge in [-0.25, -0.2) is 4.98 Å². The topological polar surface area (TPSA) is 12.9 Å². The molecule has 0 atom stereocenters. The van der Waals surface area contributed by atoms with Crippen LogP contribution in [-0.4, -0.2) is 4.98 Å². The maximum absolute atomic E-state index is 6.04. The number of aryl methyl sites for hydroxylation is 2. The lowest BCUT2D eigenvalue weighted by Crippen LogP contribution is -1.89. The molecule has 0 saturated carbocycles. The van der Waals surface area contributed by atoms with E-state index in [0.29, 0.717) is 10.3 Å². The Morgan fingerprint density at radius 3 is 2.50 bits per heavy atom. The average Bonchev–Trinajstić information content (AvgIpc) is 2.14. The van der Waals surface area contributed by atoms with Crippen LogP contribution >= 0.6 is 23.2 Å². The predicted molar refractivity (Wildman–Crippen MR) is 61.2 cm³/mol. The van der Waals surface area contributed by atoms with Crippen molar-refractivity contribution >= 4 is 34.0 Å². The minimum Gasteiger partial charge on any atom is -0.223 e. The molecule has 0 aliphatic rings. The fourth-order valence-electron chi connectivity index (χ4n) is 1.59. The van der Waals surface area contributed by atoms with Gasteiger partial charge in [-0.3, -0.25) is 0 Å². The average molecular weight is 226 g/mol. The van der Waals surface area contributed by atoms with Crippen LogP contribution in [0.4, 0.5) is 0 Å². The Bertz CT molecular complexity index is 506. The third kappa shape index (κ3) is 1.37. The van der Waals surface area contributed by atoms with Gasteiger partial charge in [0.15, 0.2) is 0 Å². The van der Waals surface area contributed by atoms with Crippen molar-refractivity contribution in [3.05, 3.63) is 39.6 Å². The zero-order valence-electron chi connectivity index (χ0n) is 7.94. The molecule has 1 aromatic carbocycles. The van der Waals surface area contributed by atoms with Gasteiger partial charge in [0.25, 0.3) is 0 Å². The molecule has 0 aliphatic heterocycles. The lowest BCUT2D eigenvalue weighted by Gasteiger charge is -2.07. The monoisotopic (exact) mass is 225 g/mol. The van der Waals surface area contributed by atoms with Crippen LogP contribution in [-0.2, 0) is 0 Å². The third-order valence-electron chi connectivity index (χ3n) is 2.39. The van der Waals surface area contributed by atoms with Gasteiger partial charge in [-0.1, -0.05) is 41.4 Å². The lowest BCUT2D eigenvalue weighted by molar-refractivity contribution is 1.30. The highest BCUT2D eigenvalue weighted by atomic mass is 35.5. The van der Waals surface area contributed by atoms with E-state index in [9.17, 15) is 0 Å². The standard InChI is InChI=1S/C11H9Cl2N/c1-6-4-3-5-8-7(2)10(12)14-11(13)9(6)8/h3-5H,1-2H3. The summed E-state index contributed by atoms with van der Waals surface area (Å²) >= 11 is 12.0. The predicted octanol–water partition coefficient (Wildman–Crippen LogP) is 4.16. The molecule has 0 saturated heterocycles. The number of halogens is 2. The summed E-state index contributed by atoms with van der Waals surface area (Å²) < 4.78 is 0. The van der Waals surface area contributed by atoms with E-state index in [1.807, 2.05) is 32.0 Å². The summed E-state index contributed by atoms with van der Waals surface area (Å²) in [7, 11) is 0. The van der Waals surface area contributed by atoms with Crippen molar-refractivity contribution in [3.8, 4) is 0 Å². The quantitative estimate of drug-likeness (QED) is 0.614. The number of pyridine rings is 1. The maximum atomic E-state index is 6.04. The minimum absolute atomic E-state index is 0.480. The number of nitrogens with zero attached hydrogens (tertiary/aromatic N) is 1. The summed E-state index contributed by atoms with van der Waals surface area (Å²) in [5.74, 6) is 0. The molecule has 3 heteroatoms. The molecule has 1 nitrogen and oxygen atoms in total. The lowest BCUT2D eigenvalue weighted by atomic mass is 10.0. The second kappa shape index (κ2) is 3.41. The Labute approximate surface area is 92.7 Å². The van der Waals surface area contributed by atoms with Crippen LogP contribution in [0.3, 0.4) is 0 Å². The van der Waals surface area contributed by atoms with E-state index >= 15 is 0 Å². The Morgan fingerprint density at radius 1 is 1.07 bits per heavy atom. The highest BCUT2D eigenvalue weighted by molar-refractivity contribution is 6.37. The summed E-state index contributed by atoms with van der Waals surface area (Å²) in [4.78, 5) is 4.09. The van der Waals surface area contributed by atoms with Gasteiger partial charge < -0.3 is 0 Å². The number of hydrogen-bond acceptors (Lipinski definition) is 1. The van der Waals surface area contributed by atoms with Crippen LogP contribution in [0, 0.1) is 13.8 Å². The summed E-state index contributed by atoms with van der Waals surface area (Å²) in [5, 5.41) is 3.04. The molecule has 0 unspecified atom stereocenters. The number of aromatic nitrogens is 1. The molecule has 0 fully saturated rings. The maximum Gasteiger partial charge on any atom is 0.138 e. The van der Waals surface area contributed by atoms with Crippen molar-refractivity contribution in [1.29, 1.82) is 0 Å².